The molecule has 6 heteroatoms. The second-order valence-electron chi connectivity index (χ2n) is 1.93. The first kappa shape index (κ1) is 10.2. The molecule has 0 aliphatic rings. The molecule has 0 aliphatic heterocycles. The summed E-state index contributed by atoms with van der Waals surface area (Å²) in [7, 11) is 1.07. The lowest BCUT2D eigenvalue weighted by Crippen LogP contribution is -2.36. The smallest absolute Gasteiger partial charge is 0.277 e. The van der Waals surface area contributed by atoms with Gasteiger partial charge in [-0.3, -0.25) is 9.63 Å². The zero-order valence-electron chi connectivity index (χ0n) is 6.03. The number of hydrogen-bond acceptors (Lipinski definition) is 2. The van der Waals surface area contributed by atoms with Gasteiger partial charge in [0.1, 0.15) is 5.92 Å². The predicted octanol–water partition coefficient (Wildman–Crippen LogP) is 0.862. The first-order valence-corrected chi connectivity index (χ1v) is 2.79. The van der Waals surface area contributed by atoms with E-state index in [2.05, 4.69) is 4.84 Å². The predicted molar refractivity (Wildman–Crippen MR) is 30.4 cm³/mol. The molecule has 0 radical (unpaired) electrons. The molecular formula is C5H8F3NO2. The molecule has 0 aromatic heterocycles. The van der Waals surface area contributed by atoms with Crippen LogP contribution in [0.1, 0.15) is 6.92 Å². The van der Waals surface area contributed by atoms with E-state index in [9.17, 15) is 18.0 Å². The van der Waals surface area contributed by atoms with Crippen molar-refractivity contribution in [3.63, 3.8) is 0 Å². The van der Waals surface area contributed by atoms with Crippen molar-refractivity contribution >= 4 is 5.91 Å². The quantitative estimate of drug-likeness (QED) is 0.626. The monoisotopic (exact) mass is 171 g/mol. The Kier molecular flexibility index (Phi) is 3.31. The van der Waals surface area contributed by atoms with E-state index in [1.807, 2.05) is 0 Å². The Morgan fingerprint density at radius 1 is 1.55 bits per heavy atom. The second-order valence-corrected chi connectivity index (χ2v) is 1.93. The molecule has 0 spiro atoms. The van der Waals surface area contributed by atoms with E-state index in [0.717, 1.165) is 14.0 Å². The Bertz CT molecular complexity index is 145. The van der Waals surface area contributed by atoms with Gasteiger partial charge in [-0.1, -0.05) is 0 Å². The summed E-state index contributed by atoms with van der Waals surface area (Å²) in [5.41, 5.74) is 1.59. The number of nitrogens with one attached hydrogen (secondary N) is 1. The summed E-state index contributed by atoms with van der Waals surface area (Å²) >= 11 is 0. The zero-order valence-corrected chi connectivity index (χ0v) is 6.03. The summed E-state index contributed by atoms with van der Waals surface area (Å²) in [6.45, 7) is 0.758. The Morgan fingerprint density at radius 2 is 2.00 bits per heavy atom. The maximum atomic E-state index is 11.7. The van der Waals surface area contributed by atoms with Crippen LogP contribution in [0.4, 0.5) is 13.2 Å². The van der Waals surface area contributed by atoms with Crippen molar-refractivity contribution in [3.05, 3.63) is 0 Å². The highest BCUT2D eigenvalue weighted by atomic mass is 19.4. The van der Waals surface area contributed by atoms with Crippen molar-refractivity contribution in [1.82, 2.24) is 5.48 Å². The van der Waals surface area contributed by atoms with Crippen molar-refractivity contribution in [3.8, 4) is 0 Å². The van der Waals surface area contributed by atoms with Gasteiger partial charge in [-0.25, -0.2) is 5.48 Å². The van der Waals surface area contributed by atoms with E-state index in [1.165, 1.54) is 0 Å². The van der Waals surface area contributed by atoms with Crippen LogP contribution in [0.5, 0.6) is 0 Å². The van der Waals surface area contributed by atoms with E-state index in [4.69, 9.17) is 0 Å². The van der Waals surface area contributed by atoms with Crippen LogP contribution >= 0.6 is 0 Å². The number of carbonyl (C=O) groups excluding carboxylic acids is 1. The number of hydrogen-bond donors (Lipinski definition) is 1. The lowest BCUT2D eigenvalue weighted by atomic mass is 10.2. The van der Waals surface area contributed by atoms with Crippen molar-refractivity contribution in [2.45, 2.75) is 13.1 Å². The maximum absolute atomic E-state index is 11.7. The van der Waals surface area contributed by atoms with Crippen LogP contribution in [0.15, 0.2) is 0 Å². The minimum atomic E-state index is -4.51. The zero-order chi connectivity index (χ0) is 9.07. The summed E-state index contributed by atoms with van der Waals surface area (Å²) in [6.07, 6.45) is -4.51. The fourth-order valence-electron chi connectivity index (χ4n) is 0.338. The number of alkyl halides is 3. The average Bonchev–Trinajstić information content (AvgIpc) is 1.85. The third-order valence-electron chi connectivity index (χ3n) is 1.09. The summed E-state index contributed by atoms with van der Waals surface area (Å²) in [4.78, 5) is 14.5. The fourth-order valence-corrected chi connectivity index (χ4v) is 0.338. The molecule has 0 heterocycles. The lowest BCUT2D eigenvalue weighted by molar-refractivity contribution is -0.184. The minimum Gasteiger partial charge on any atom is -0.277 e. The number of amides is 1. The third kappa shape index (κ3) is 3.22. The first-order chi connectivity index (χ1) is 4.89. The van der Waals surface area contributed by atoms with Crippen molar-refractivity contribution in [1.29, 1.82) is 0 Å². The molecule has 1 unspecified atom stereocenters. The Morgan fingerprint density at radius 3 is 2.27 bits per heavy atom. The van der Waals surface area contributed by atoms with E-state index in [1.54, 1.807) is 5.48 Å². The van der Waals surface area contributed by atoms with Gasteiger partial charge in [0.05, 0.1) is 7.11 Å². The lowest BCUT2D eigenvalue weighted by Gasteiger charge is -2.13. The highest BCUT2D eigenvalue weighted by Gasteiger charge is 2.41. The highest BCUT2D eigenvalue weighted by Crippen LogP contribution is 2.25. The van der Waals surface area contributed by atoms with Gasteiger partial charge in [0.2, 0.25) is 0 Å². The molecule has 0 aromatic rings. The molecule has 0 saturated heterocycles. The average molecular weight is 171 g/mol. The van der Waals surface area contributed by atoms with Crippen LogP contribution in [0.2, 0.25) is 0 Å². The maximum Gasteiger partial charge on any atom is 0.400 e. The van der Waals surface area contributed by atoms with Gasteiger partial charge < -0.3 is 0 Å². The van der Waals surface area contributed by atoms with Gasteiger partial charge in [-0.05, 0) is 6.92 Å². The number of carbonyl (C=O) groups is 1. The van der Waals surface area contributed by atoms with Crippen LogP contribution in [-0.2, 0) is 9.63 Å². The molecule has 1 atom stereocenters. The number of halogens is 3. The van der Waals surface area contributed by atoms with Crippen LogP contribution in [0, 0.1) is 5.92 Å². The van der Waals surface area contributed by atoms with E-state index in [0.29, 0.717) is 0 Å². The van der Waals surface area contributed by atoms with Crippen molar-refractivity contribution < 1.29 is 22.8 Å². The standard InChI is InChI=1S/C5H8F3NO2/c1-3(5(6,7)8)4(10)9-11-2/h3H,1-2H3,(H,9,10). The van der Waals surface area contributed by atoms with E-state index in [-0.39, 0.29) is 0 Å². The molecular weight excluding hydrogens is 163 g/mol. The van der Waals surface area contributed by atoms with Gasteiger partial charge in [0, 0.05) is 0 Å². The first-order valence-electron chi connectivity index (χ1n) is 2.79. The van der Waals surface area contributed by atoms with Crippen LogP contribution in [-0.4, -0.2) is 19.2 Å². The number of hydroxylamine groups is 1. The molecule has 0 fully saturated rings. The van der Waals surface area contributed by atoms with Crippen LogP contribution < -0.4 is 5.48 Å². The summed E-state index contributed by atoms with van der Waals surface area (Å²) < 4.78 is 35.1. The van der Waals surface area contributed by atoms with Gasteiger partial charge in [-0.2, -0.15) is 13.2 Å². The fraction of sp³-hybridized carbons (Fsp3) is 0.800. The molecule has 0 rings (SSSR count). The minimum absolute atomic E-state index is 0.758. The number of rotatable bonds is 2. The molecule has 1 amide bonds. The largest absolute Gasteiger partial charge is 0.400 e. The highest BCUT2D eigenvalue weighted by molar-refractivity contribution is 5.77. The topological polar surface area (TPSA) is 38.3 Å². The Balaban J connectivity index is 4.03. The second kappa shape index (κ2) is 3.56. The molecule has 11 heavy (non-hydrogen) atoms. The van der Waals surface area contributed by atoms with Gasteiger partial charge in [0.15, 0.2) is 0 Å². The molecule has 0 aliphatic carbocycles. The van der Waals surface area contributed by atoms with Gasteiger partial charge >= 0.3 is 6.18 Å². The van der Waals surface area contributed by atoms with Crippen molar-refractivity contribution in [2.75, 3.05) is 7.11 Å². The molecule has 1 N–H and O–H groups in total. The van der Waals surface area contributed by atoms with Crippen LogP contribution in [0.3, 0.4) is 0 Å². The summed E-state index contributed by atoms with van der Waals surface area (Å²) in [6, 6.07) is 0. The van der Waals surface area contributed by atoms with Gasteiger partial charge in [-0.15, -0.1) is 0 Å². The van der Waals surface area contributed by atoms with E-state index >= 15 is 0 Å². The summed E-state index contributed by atoms with van der Waals surface area (Å²) in [5.74, 6) is -3.23. The summed E-state index contributed by atoms with van der Waals surface area (Å²) in [5, 5.41) is 0. The van der Waals surface area contributed by atoms with E-state index < -0.39 is 18.0 Å². The molecule has 0 aromatic carbocycles. The van der Waals surface area contributed by atoms with Gasteiger partial charge in [0.25, 0.3) is 5.91 Å². The molecule has 0 saturated carbocycles. The Hall–Kier alpha value is -0.780. The Labute approximate surface area is 61.5 Å². The third-order valence-corrected chi connectivity index (χ3v) is 1.09. The molecule has 0 bridgehead atoms. The molecule has 3 nitrogen and oxygen atoms in total. The van der Waals surface area contributed by atoms with Crippen LogP contribution in [0.25, 0.3) is 0 Å². The SMILES string of the molecule is CONC(=O)C(C)C(F)(F)F. The normalized spacial score (nSPS) is 14.3. The van der Waals surface area contributed by atoms with Crippen molar-refractivity contribution in [2.24, 2.45) is 5.92 Å². The molecule has 66 valence electrons.